The van der Waals surface area contributed by atoms with Gasteiger partial charge in [0.1, 0.15) is 11.5 Å². The van der Waals surface area contributed by atoms with Crippen molar-refractivity contribution in [3.05, 3.63) is 53.6 Å². The molecular formula is C22H25NO4. The molecule has 5 nitrogen and oxygen atoms in total. The van der Waals surface area contributed by atoms with Gasteiger partial charge in [0, 0.05) is 18.5 Å². The Morgan fingerprint density at radius 3 is 2.56 bits per heavy atom. The summed E-state index contributed by atoms with van der Waals surface area (Å²) in [6.45, 7) is 4.69. The molecule has 2 aromatic rings. The number of ether oxygens (including phenoxy) is 2. The molecule has 0 aromatic heterocycles. The van der Waals surface area contributed by atoms with Crippen LogP contribution in [0.3, 0.4) is 0 Å². The van der Waals surface area contributed by atoms with Crippen LogP contribution in [0.4, 0.5) is 5.69 Å². The molecule has 1 heterocycles. The molecule has 3 rings (SSSR count). The first-order chi connectivity index (χ1) is 13.0. The first-order valence-electron chi connectivity index (χ1n) is 9.37. The van der Waals surface area contributed by atoms with Crippen molar-refractivity contribution in [2.45, 2.75) is 45.4 Å². The Morgan fingerprint density at radius 1 is 1.07 bits per heavy atom. The zero-order valence-electron chi connectivity index (χ0n) is 15.8. The fourth-order valence-electron chi connectivity index (χ4n) is 2.96. The zero-order valence-corrected chi connectivity index (χ0v) is 15.8. The minimum atomic E-state index is -0.260. The summed E-state index contributed by atoms with van der Waals surface area (Å²) in [4.78, 5) is 23.3. The van der Waals surface area contributed by atoms with E-state index >= 15 is 0 Å². The quantitative estimate of drug-likeness (QED) is 0.446. The molecule has 0 unspecified atom stereocenters. The summed E-state index contributed by atoms with van der Waals surface area (Å²) in [5.74, 6) is 1.56. The van der Waals surface area contributed by atoms with Gasteiger partial charge in [-0.25, -0.2) is 0 Å². The number of anilines is 1. The third-order valence-corrected chi connectivity index (χ3v) is 4.54. The Hall–Kier alpha value is -2.82. The van der Waals surface area contributed by atoms with Gasteiger partial charge in [-0.2, -0.15) is 0 Å². The summed E-state index contributed by atoms with van der Waals surface area (Å²) in [6.07, 6.45) is 2.10. The van der Waals surface area contributed by atoms with E-state index in [-0.39, 0.29) is 11.9 Å². The lowest BCUT2D eigenvalue weighted by Crippen LogP contribution is -2.18. The second kappa shape index (κ2) is 8.71. The highest BCUT2D eigenvalue weighted by Crippen LogP contribution is 2.27. The third kappa shape index (κ3) is 5.33. The maximum Gasteiger partial charge on any atom is 0.311 e. The molecule has 0 bridgehead atoms. The van der Waals surface area contributed by atoms with Crippen molar-refractivity contribution in [1.29, 1.82) is 0 Å². The Labute approximate surface area is 159 Å². The molecule has 1 amide bonds. The molecule has 0 aliphatic carbocycles. The minimum Gasteiger partial charge on any atom is -0.494 e. The average molecular weight is 367 g/mol. The van der Waals surface area contributed by atoms with E-state index in [0.29, 0.717) is 37.5 Å². The van der Waals surface area contributed by atoms with Gasteiger partial charge in [0.25, 0.3) is 0 Å². The van der Waals surface area contributed by atoms with Crippen LogP contribution >= 0.6 is 0 Å². The van der Waals surface area contributed by atoms with Crippen molar-refractivity contribution in [3.8, 4) is 11.5 Å². The molecule has 2 aromatic carbocycles. The van der Waals surface area contributed by atoms with Crippen molar-refractivity contribution in [3.63, 3.8) is 0 Å². The Morgan fingerprint density at radius 2 is 1.81 bits per heavy atom. The predicted octanol–water partition coefficient (Wildman–Crippen LogP) is 4.46. The molecule has 0 radical (unpaired) electrons. The lowest BCUT2D eigenvalue weighted by Gasteiger charge is -2.17. The molecule has 0 saturated carbocycles. The van der Waals surface area contributed by atoms with Crippen molar-refractivity contribution in [2.24, 2.45) is 0 Å². The van der Waals surface area contributed by atoms with E-state index in [2.05, 4.69) is 19.2 Å². The average Bonchev–Trinajstić information content (AvgIpc) is 2.65. The van der Waals surface area contributed by atoms with Gasteiger partial charge in [-0.3, -0.25) is 9.59 Å². The van der Waals surface area contributed by atoms with Crippen molar-refractivity contribution >= 4 is 17.6 Å². The van der Waals surface area contributed by atoms with Crippen LogP contribution in [0, 0.1) is 0 Å². The second-order valence-electron chi connectivity index (χ2n) is 7.02. The van der Waals surface area contributed by atoms with Crippen LogP contribution in [0.2, 0.25) is 0 Å². The molecule has 5 heteroatoms. The van der Waals surface area contributed by atoms with Crippen molar-refractivity contribution < 1.29 is 19.1 Å². The van der Waals surface area contributed by atoms with Crippen LogP contribution in [0.5, 0.6) is 11.5 Å². The molecule has 1 aliphatic heterocycles. The summed E-state index contributed by atoms with van der Waals surface area (Å²) in [6, 6.07) is 13.3. The van der Waals surface area contributed by atoms with Crippen LogP contribution in [0.15, 0.2) is 42.5 Å². The highest BCUT2D eigenvalue weighted by atomic mass is 16.5. The van der Waals surface area contributed by atoms with Crippen molar-refractivity contribution in [2.75, 3.05) is 11.9 Å². The lowest BCUT2D eigenvalue weighted by atomic mass is 10.0. The van der Waals surface area contributed by atoms with Crippen molar-refractivity contribution in [1.82, 2.24) is 0 Å². The summed E-state index contributed by atoms with van der Waals surface area (Å²) in [7, 11) is 0. The molecule has 0 saturated heterocycles. The van der Waals surface area contributed by atoms with Gasteiger partial charge in [-0.15, -0.1) is 0 Å². The number of hydrogen-bond acceptors (Lipinski definition) is 4. The number of hydrogen-bond donors (Lipinski definition) is 1. The predicted molar refractivity (Wildman–Crippen MR) is 104 cm³/mol. The van der Waals surface area contributed by atoms with Gasteiger partial charge >= 0.3 is 5.97 Å². The van der Waals surface area contributed by atoms with Crippen LogP contribution < -0.4 is 14.8 Å². The fourth-order valence-corrected chi connectivity index (χ4v) is 2.96. The van der Waals surface area contributed by atoms with E-state index in [9.17, 15) is 9.59 Å². The van der Waals surface area contributed by atoms with Gasteiger partial charge in [0.15, 0.2) is 0 Å². The van der Waals surface area contributed by atoms with E-state index in [1.807, 2.05) is 42.5 Å². The molecule has 0 fully saturated rings. The van der Waals surface area contributed by atoms with Crippen LogP contribution in [-0.4, -0.2) is 18.5 Å². The first-order valence-corrected chi connectivity index (χ1v) is 9.37. The van der Waals surface area contributed by atoms with Crippen LogP contribution in [0.25, 0.3) is 0 Å². The highest BCUT2D eigenvalue weighted by molar-refractivity contribution is 5.94. The Balaban J connectivity index is 1.41. The molecule has 1 N–H and O–H groups in total. The van der Waals surface area contributed by atoms with E-state index in [1.165, 1.54) is 5.56 Å². The van der Waals surface area contributed by atoms with E-state index < -0.39 is 0 Å². The molecule has 1 aliphatic rings. The van der Waals surface area contributed by atoms with Gasteiger partial charge in [0.05, 0.1) is 6.61 Å². The highest BCUT2D eigenvalue weighted by Gasteiger charge is 2.15. The Bertz CT molecular complexity index is 812. The van der Waals surface area contributed by atoms with Gasteiger partial charge in [-0.05, 0) is 60.2 Å². The summed E-state index contributed by atoms with van der Waals surface area (Å²) in [5, 5.41) is 2.85. The topological polar surface area (TPSA) is 64.6 Å². The van der Waals surface area contributed by atoms with Gasteiger partial charge in [-0.1, -0.05) is 26.0 Å². The van der Waals surface area contributed by atoms with E-state index in [4.69, 9.17) is 9.47 Å². The normalized spacial score (nSPS) is 13.1. The first kappa shape index (κ1) is 19.0. The zero-order chi connectivity index (χ0) is 19.2. The summed E-state index contributed by atoms with van der Waals surface area (Å²) in [5.41, 5.74) is 3.15. The number of aryl methyl sites for hydroxylation is 1. The number of amides is 1. The molecular weight excluding hydrogens is 342 g/mol. The maximum atomic E-state index is 11.9. The minimum absolute atomic E-state index is 0.0496. The number of esters is 1. The number of rotatable bonds is 7. The SMILES string of the molecule is CC(C)c1ccc(OC(=O)CCCOc2ccc3c(c2)CCC(=O)N3)cc1. The van der Waals surface area contributed by atoms with Crippen LogP contribution in [0.1, 0.15) is 50.2 Å². The van der Waals surface area contributed by atoms with Gasteiger partial charge < -0.3 is 14.8 Å². The van der Waals surface area contributed by atoms with Crippen LogP contribution in [-0.2, 0) is 16.0 Å². The number of carbonyl (C=O) groups is 2. The van der Waals surface area contributed by atoms with E-state index in [1.54, 1.807) is 0 Å². The summed E-state index contributed by atoms with van der Waals surface area (Å²) < 4.78 is 11.1. The van der Waals surface area contributed by atoms with E-state index in [0.717, 1.165) is 23.4 Å². The Kier molecular flexibility index (Phi) is 6.12. The summed E-state index contributed by atoms with van der Waals surface area (Å²) >= 11 is 0. The molecule has 0 spiro atoms. The number of nitrogens with one attached hydrogen (secondary N) is 1. The smallest absolute Gasteiger partial charge is 0.311 e. The monoisotopic (exact) mass is 367 g/mol. The third-order valence-electron chi connectivity index (χ3n) is 4.54. The number of fused-ring (bicyclic) bond motifs is 1. The maximum absolute atomic E-state index is 11.9. The number of carbonyl (C=O) groups excluding carboxylic acids is 2. The molecule has 0 atom stereocenters. The largest absolute Gasteiger partial charge is 0.494 e. The standard InChI is InChI=1S/C22H25NO4/c1-15(2)16-5-8-18(9-6-16)27-22(25)4-3-13-26-19-10-11-20-17(14-19)7-12-21(24)23-20/h5-6,8-11,14-15H,3-4,7,12-13H2,1-2H3,(H,23,24). The lowest BCUT2D eigenvalue weighted by molar-refractivity contribution is -0.134. The second-order valence-corrected chi connectivity index (χ2v) is 7.02. The fraction of sp³-hybridized carbons (Fsp3) is 0.364. The molecule has 27 heavy (non-hydrogen) atoms. The molecule has 142 valence electrons. The number of benzene rings is 2. The van der Waals surface area contributed by atoms with Gasteiger partial charge in [0.2, 0.25) is 5.91 Å².